The molecule has 0 bridgehead atoms. The molecule has 1 aliphatic rings. The van der Waals surface area contributed by atoms with E-state index in [-0.39, 0.29) is 11.6 Å². The van der Waals surface area contributed by atoms with Crippen molar-refractivity contribution in [3.05, 3.63) is 90.8 Å². The van der Waals surface area contributed by atoms with Gasteiger partial charge in [-0.1, -0.05) is 54.6 Å². The number of H-pyrrole nitrogens is 1. The van der Waals surface area contributed by atoms with Crippen molar-refractivity contribution in [1.82, 2.24) is 24.9 Å². The molecule has 0 atom stereocenters. The van der Waals surface area contributed by atoms with E-state index in [0.29, 0.717) is 0 Å². The highest BCUT2D eigenvalue weighted by Gasteiger charge is 2.41. The van der Waals surface area contributed by atoms with E-state index in [2.05, 4.69) is 74.6 Å². The Labute approximate surface area is 221 Å². The normalized spacial score (nSPS) is 14.7. The third-order valence-corrected chi connectivity index (χ3v) is 7.14. The fraction of sp³-hybridized carbons (Fsp3) is 0.258. The maximum absolute atomic E-state index is 12.6. The summed E-state index contributed by atoms with van der Waals surface area (Å²) in [6.07, 6.45) is 6.30. The molecule has 3 heterocycles. The topological polar surface area (TPSA) is 84.3 Å². The fourth-order valence-corrected chi connectivity index (χ4v) is 5.16. The van der Waals surface area contributed by atoms with Gasteiger partial charge < -0.3 is 10.1 Å². The van der Waals surface area contributed by atoms with Crippen LogP contribution in [-0.2, 0) is 10.3 Å². The molecular weight excluding hydrogens is 474 g/mol. The number of hydrogen-bond acceptors (Lipinski definition) is 4. The van der Waals surface area contributed by atoms with Crippen molar-refractivity contribution in [3.63, 3.8) is 0 Å². The molecule has 1 saturated carbocycles. The van der Waals surface area contributed by atoms with Crippen LogP contribution in [0.15, 0.2) is 85.2 Å². The molecule has 0 radical (unpaired) electrons. The monoisotopic (exact) mass is 505 g/mol. The highest BCUT2D eigenvalue weighted by atomic mass is 16.6. The summed E-state index contributed by atoms with van der Waals surface area (Å²) in [6, 6.07) is 24.9. The molecule has 3 aromatic heterocycles. The van der Waals surface area contributed by atoms with Gasteiger partial charge in [0.05, 0.1) is 22.6 Å². The summed E-state index contributed by atoms with van der Waals surface area (Å²) in [5, 5.41) is 10.3. The van der Waals surface area contributed by atoms with Gasteiger partial charge in [-0.2, -0.15) is 5.10 Å². The second-order valence-electron chi connectivity index (χ2n) is 10.9. The lowest BCUT2D eigenvalue weighted by Gasteiger charge is -2.43. The maximum atomic E-state index is 12.6. The Bertz CT molecular complexity index is 1580. The number of aromatic nitrogens is 4. The number of carbonyl (C=O) groups excluding carboxylic acids is 1. The summed E-state index contributed by atoms with van der Waals surface area (Å²) in [7, 11) is 0. The maximum Gasteiger partial charge on any atom is 0.408 e. The molecule has 1 aliphatic carbocycles. The van der Waals surface area contributed by atoms with Gasteiger partial charge in [-0.3, -0.25) is 9.50 Å². The van der Waals surface area contributed by atoms with Crippen molar-refractivity contribution in [1.29, 1.82) is 0 Å². The Morgan fingerprint density at radius 1 is 0.974 bits per heavy atom. The second kappa shape index (κ2) is 9.17. The largest absolute Gasteiger partial charge is 0.444 e. The van der Waals surface area contributed by atoms with Gasteiger partial charge in [-0.25, -0.2) is 9.78 Å². The molecule has 2 N–H and O–H groups in total. The van der Waals surface area contributed by atoms with Crippen molar-refractivity contribution >= 4 is 11.7 Å². The lowest BCUT2D eigenvalue weighted by atomic mass is 9.71. The molecule has 5 aromatic rings. The molecule has 0 spiro atoms. The summed E-state index contributed by atoms with van der Waals surface area (Å²) in [5.41, 5.74) is 7.06. The molecular formula is C31H31N5O2. The molecule has 1 amide bonds. The van der Waals surface area contributed by atoms with E-state index in [9.17, 15) is 4.79 Å². The zero-order chi connectivity index (χ0) is 26.3. The van der Waals surface area contributed by atoms with Gasteiger partial charge >= 0.3 is 6.09 Å². The number of amides is 1. The highest BCUT2D eigenvalue weighted by Crippen LogP contribution is 2.42. The first kappa shape index (κ1) is 24.0. The summed E-state index contributed by atoms with van der Waals surface area (Å²) >= 11 is 0. The number of nitrogens with one attached hydrogen (secondary N) is 2. The number of nitrogens with zero attached hydrogens (tertiary/aromatic N) is 3. The number of pyridine rings is 1. The van der Waals surface area contributed by atoms with Gasteiger partial charge in [0.1, 0.15) is 11.2 Å². The van der Waals surface area contributed by atoms with E-state index < -0.39 is 5.60 Å². The number of rotatable bonds is 5. The van der Waals surface area contributed by atoms with E-state index in [1.54, 1.807) is 6.20 Å². The summed E-state index contributed by atoms with van der Waals surface area (Å²) in [6.45, 7) is 5.64. The molecule has 7 nitrogen and oxygen atoms in total. The number of aromatic amines is 1. The Morgan fingerprint density at radius 2 is 1.74 bits per heavy atom. The predicted octanol–water partition coefficient (Wildman–Crippen LogP) is 6.96. The van der Waals surface area contributed by atoms with Crippen LogP contribution in [0.25, 0.3) is 39.4 Å². The quantitative estimate of drug-likeness (QED) is 0.270. The Hall–Kier alpha value is -4.39. The lowest BCUT2D eigenvalue weighted by molar-refractivity contribution is 0.0377. The minimum atomic E-state index is -0.535. The SMILES string of the molecule is CC(C)(C)OC(=O)NC1(c2ccc(-c3nc4cc(-c5ccn[nH]5)ccn4c3-c3ccccc3)cc2)CCC1. The molecule has 0 unspecified atom stereocenters. The molecule has 0 aliphatic heterocycles. The van der Waals surface area contributed by atoms with Crippen molar-refractivity contribution in [2.45, 2.75) is 51.2 Å². The van der Waals surface area contributed by atoms with E-state index >= 15 is 0 Å². The van der Waals surface area contributed by atoms with Gasteiger partial charge in [0, 0.05) is 29.1 Å². The van der Waals surface area contributed by atoms with Crippen molar-refractivity contribution < 1.29 is 9.53 Å². The van der Waals surface area contributed by atoms with Crippen LogP contribution in [0, 0.1) is 0 Å². The van der Waals surface area contributed by atoms with E-state index in [1.807, 2.05) is 45.0 Å². The van der Waals surface area contributed by atoms with E-state index in [1.165, 1.54) is 0 Å². The molecule has 6 rings (SSSR count). The number of ether oxygens (including phenoxy) is 1. The smallest absolute Gasteiger partial charge is 0.408 e. The number of imidazole rings is 1. The summed E-state index contributed by atoms with van der Waals surface area (Å²) in [4.78, 5) is 17.7. The summed E-state index contributed by atoms with van der Waals surface area (Å²) in [5.74, 6) is 0. The van der Waals surface area contributed by atoms with Crippen LogP contribution in [0.1, 0.15) is 45.6 Å². The van der Waals surface area contributed by atoms with Crippen molar-refractivity contribution in [2.24, 2.45) is 0 Å². The second-order valence-corrected chi connectivity index (χ2v) is 10.9. The number of fused-ring (bicyclic) bond motifs is 1. The van der Waals surface area contributed by atoms with Crippen molar-refractivity contribution in [3.8, 4) is 33.8 Å². The molecule has 192 valence electrons. The standard InChI is InChI=1S/C31H31N5O2/c1-30(2,3)38-29(37)34-31(16-7-17-31)24-12-10-21(11-13-24)27-28(22-8-5-4-6-9-22)36-19-15-23(20-26(36)33-27)25-14-18-32-35-25/h4-6,8-15,18-20H,7,16-17H2,1-3H3,(H,32,35)(H,34,37). The first-order valence-corrected chi connectivity index (χ1v) is 13.0. The lowest BCUT2D eigenvalue weighted by Crippen LogP contribution is -2.52. The van der Waals surface area contributed by atoms with Crippen LogP contribution in [0.2, 0.25) is 0 Å². The van der Waals surface area contributed by atoms with Gasteiger partial charge in [0.15, 0.2) is 0 Å². The first-order chi connectivity index (χ1) is 18.3. The van der Waals surface area contributed by atoms with Crippen LogP contribution in [-0.4, -0.2) is 31.3 Å². The Balaban J connectivity index is 1.39. The molecule has 38 heavy (non-hydrogen) atoms. The Kier molecular flexibility index (Phi) is 5.79. The predicted molar refractivity (Wildman–Crippen MR) is 149 cm³/mol. The van der Waals surface area contributed by atoms with Gasteiger partial charge in [0.25, 0.3) is 0 Å². The highest BCUT2D eigenvalue weighted by molar-refractivity contribution is 5.83. The van der Waals surface area contributed by atoms with Crippen LogP contribution in [0.3, 0.4) is 0 Å². The van der Waals surface area contributed by atoms with Gasteiger partial charge in [-0.15, -0.1) is 0 Å². The van der Waals surface area contributed by atoms with Gasteiger partial charge in [0.2, 0.25) is 0 Å². The van der Waals surface area contributed by atoms with Crippen LogP contribution in [0.5, 0.6) is 0 Å². The van der Waals surface area contributed by atoms with Crippen LogP contribution >= 0.6 is 0 Å². The van der Waals surface area contributed by atoms with Crippen LogP contribution < -0.4 is 5.32 Å². The third kappa shape index (κ3) is 4.45. The minimum Gasteiger partial charge on any atom is -0.444 e. The zero-order valence-electron chi connectivity index (χ0n) is 21.9. The fourth-order valence-electron chi connectivity index (χ4n) is 5.16. The number of carbonyl (C=O) groups is 1. The first-order valence-electron chi connectivity index (χ1n) is 13.0. The Morgan fingerprint density at radius 3 is 2.37 bits per heavy atom. The van der Waals surface area contributed by atoms with E-state index in [4.69, 9.17) is 9.72 Å². The molecule has 1 fully saturated rings. The number of alkyl carbamates (subject to hydrolysis) is 1. The molecule has 0 saturated heterocycles. The van der Waals surface area contributed by atoms with Gasteiger partial charge in [-0.05, 0) is 63.8 Å². The van der Waals surface area contributed by atoms with E-state index in [0.717, 1.165) is 64.2 Å². The molecule has 7 heteroatoms. The average molecular weight is 506 g/mol. The minimum absolute atomic E-state index is 0.374. The van der Waals surface area contributed by atoms with Crippen LogP contribution in [0.4, 0.5) is 4.79 Å². The summed E-state index contributed by atoms with van der Waals surface area (Å²) < 4.78 is 7.68. The third-order valence-electron chi connectivity index (χ3n) is 7.14. The number of benzene rings is 2. The molecule has 2 aromatic carbocycles. The van der Waals surface area contributed by atoms with Crippen molar-refractivity contribution in [2.75, 3.05) is 0 Å². The number of hydrogen-bond donors (Lipinski definition) is 2. The zero-order valence-corrected chi connectivity index (χ0v) is 21.9. The average Bonchev–Trinajstić information content (AvgIpc) is 3.54.